The lowest BCUT2D eigenvalue weighted by molar-refractivity contribution is -0.0230. The molecular weight excluding hydrogens is 352 g/mol. The van der Waals surface area contributed by atoms with Crippen molar-refractivity contribution in [2.75, 3.05) is 0 Å². The molecule has 0 unspecified atom stereocenters. The van der Waals surface area contributed by atoms with Gasteiger partial charge in [-0.1, -0.05) is 12.1 Å². The van der Waals surface area contributed by atoms with Gasteiger partial charge in [0.25, 0.3) is 0 Å². The number of hydrogen-bond donors (Lipinski definition) is 4. The fourth-order valence-corrected chi connectivity index (χ4v) is 3.49. The number of hydrogen-bond acceptors (Lipinski definition) is 7. The number of aromatic hydroxyl groups is 2. The van der Waals surface area contributed by atoms with Crippen LogP contribution < -0.4 is 9.47 Å². The van der Waals surface area contributed by atoms with Crippen LogP contribution in [0.5, 0.6) is 23.0 Å². The first-order valence-corrected chi connectivity index (χ1v) is 8.62. The van der Waals surface area contributed by atoms with Crippen LogP contribution in [0.3, 0.4) is 0 Å². The lowest BCUT2D eigenvalue weighted by Crippen LogP contribution is -2.39. The quantitative estimate of drug-likeness (QED) is 0.636. The average molecular weight is 372 g/mol. The molecule has 3 atom stereocenters. The maximum Gasteiger partial charge on any atom is 0.202 e. The van der Waals surface area contributed by atoms with Crippen LogP contribution in [-0.2, 0) is 6.42 Å². The smallest absolute Gasteiger partial charge is 0.202 e. The molecule has 2 aromatic rings. The second-order valence-corrected chi connectivity index (χ2v) is 7.48. The average Bonchev–Trinajstić information content (AvgIpc) is 3.03. The monoisotopic (exact) mass is 372 g/mol. The second kappa shape index (κ2) is 5.87. The number of ether oxygens (including phenoxy) is 2. The predicted octanol–water partition coefficient (Wildman–Crippen LogP) is 1.85. The first kappa shape index (κ1) is 17.6. The Morgan fingerprint density at radius 1 is 1.11 bits per heavy atom. The molecule has 0 bridgehead atoms. The third-order valence-corrected chi connectivity index (χ3v) is 5.04. The van der Waals surface area contributed by atoms with E-state index < -0.39 is 29.7 Å². The van der Waals surface area contributed by atoms with Crippen LogP contribution in [0.4, 0.5) is 0 Å². The van der Waals surface area contributed by atoms with Gasteiger partial charge in [-0.3, -0.25) is 4.79 Å². The summed E-state index contributed by atoms with van der Waals surface area (Å²) in [6.07, 6.45) is -2.75. The predicted molar refractivity (Wildman–Crippen MR) is 94.3 cm³/mol. The van der Waals surface area contributed by atoms with E-state index in [-0.39, 0.29) is 22.8 Å². The van der Waals surface area contributed by atoms with Crippen LogP contribution in [0.2, 0.25) is 0 Å². The number of fused-ring (bicyclic) bond motifs is 3. The first-order valence-electron chi connectivity index (χ1n) is 8.62. The summed E-state index contributed by atoms with van der Waals surface area (Å²) < 4.78 is 11.7. The Labute approximate surface area is 155 Å². The minimum Gasteiger partial charge on any atom is -0.508 e. The molecule has 2 aromatic carbocycles. The highest BCUT2D eigenvalue weighted by atomic mass is 16.5. The zero-order valence-electron chi connectivity index (χ0n) is 14.8. The largest absolute Gasteiger partial charge is 0.508 e. The van der Waals surface area contributed by atoms with Gasteiger partial charge in [0, 0.05) is 18.1 Å². The number of aliphatic hydroxyl groups excluding tert-OH is 1. The maximum atomic E-state index is 12.7. The molecule has 7 heteroatoms. The summed E-state index contributed by atoms with van der Waals surface area (Å²) in [5, 5.41) is 40.5. The Kier molecular flexibility index (Phi) is 3.83. The molecule has 2 aliphatic rings. The minimum atomic E-state index is -1.50. The van der Waals surface area contributed by atoms with E-state index >= 15 is 0 Å². The molecular formula is C20H20O7. The van der Waals surface area contributed by atoms with Crippen molar-refractivity contribution in [1.29, 1.82) is 0 Å². The number of carbonyl (C=O) groups is 1. The van der Waals surface area contributed by atoms with Crippen LogP contribution in [-0.4, -0.2) is 44.0 Å². The van der Waals surface area contributed by atoms with Gasteiger partial charge in [-0.15, -0.1) is 0 Å². The molecule has 142 valence electrons. The second-order valence-electron chi connectivity index (χ2n) is 7.48. The summed E-state index contributed by atoms with van der Waals surface area (Å²) in [4.78, 5) is 12.7. The maximum absolute atomic E-state index is 12.7. The Bertz CT molecular complexity index is 911. The summed E-state index contributed by atoms with van der Waals surface area (Å²) >= 11 is 0. The van der Waals surface area contributed by atoms with Gasteiger partial charge < -0.3 is 29.9 Å². The van der Waals surface area contributed by atoms with E-state index in [1.54, 1.807) is 26.0 Å². The molecule has 0 saturated heterocycles. The Morgan fingerprint density at radius 3 is 2.41 bits per heavy atom. The van der Waals surface area contributed by atoms with Crippen molar-refractivity contribution in [2.45, 2.75) is 44.2 Å². The molecule has 0 amide bonds. The molecule has 0 spiro atoms. The Balaban J connectivity index is 1.80. The lowest BCUT2D eigenvalue weighted by atomic mass is 9.89. The van der Waals surface area contributed by atoms with Gasteiger partial charge in [-0.25, -0.2) is 0 Å². The SMILES string of the molecule is CC(C)(O)[C@H]1Cc2c(cc(O)c3c2O[C@H](c2ccc(O)cc2)[C@@H](O)C3=O)O1. The van der Waals surface area contributed by atoms with E-state index in [1.165, 1.54) is 18.2 Å². The molecule has 2 heterocycles. The van der Waals surface area contributed by atoms with Crippen molar-refractivity contribution in [3.63, 3.8) is 0 Å². The molecule has 0 aromatic heterocycles. The van der Waals surface area contributed by atoms with Crippen molar-refractivity contribution in [3.05, 3.63) is 47.0 Å². The van der Waals surface area contributed by atoms with E-state index in [0.29, 0.717) is 23.3 Å². The molecule has 27 heavy (non-hydrogen) atoms. The number of benzene rings is 2. The van der Waals surface area contributed by atoms with Crippen LogP contribution in [0, 0.1) is 0 Å². The third-order valence-electron chi connectivity index (χ3n) is 5.04. The molecule has 2 aliphatic heterocycles. The van der Waals surface area contributed by atoms with E-state index in [2.05, 4.69) is 0 Å². The van der Waals surface area contributed by atoms with Crippen molar-refractivity contribution >= 4 is 5.78 Å². The van der Waals surface area contributed by atoms with Crippen molar-refractivity contribution in [3.8, 4) is 23.0 Å². The topological polar surface area (TPSA) is 116 Å². The summed E-state index contributed by atoms with van der Waals surface area (Å²) in [5.74, 6) is -0.442. The summed E-state index contributed by atoms with van der Waals surface area (Å²) in [7, 11) is 0. The fourth-order valence-electron chi connectivity index (χ4n) is 3.49. The molecule has 7 nitrogen and oxygen atoms in total. The van der Waals surface area contributed by atoms with Gasteiger partial charge in [0.2, 0.25) is 5.78 Å². The molecule has 0 saturated carbocycles. The van der Waals surface area contributed by atoms with Gasteiger partial charge >= 0.3 is 0 Å². The Hall–Kier alpha value is -2.77. The fraction of sp³-hybridized carbons (Fsp3) is 0.350. The standard InChI is InChI=1S/C20H20O7/c1-20(2,25)14-7-11-13(26-14)8-12(22)15-16(23)17(24)18(27-19(11)15)9-3-5-10(21)6-4-9/h3-6,8,14,17-18,21-22,24-25H,7H2,1-2H3/t14-,17+,18-/m1/s1. The van der Waals surface area contributed by atoms with E-state index in [1.807, 2.05) is 0 Å². The number of phenolic OH excluding ortho intramolecular Hbond substituents is 2. The highest BCUT2D eigenvalue weighted by molar-refractivity contribution is 6.06. The number of carbonyl (C=O) groups excluding carboxylic acids is 1. The zero-order chi connectivity index (χ0) is 19.5. The minimum absolute atomic E-state index is 0.0516. The van der Waals surface area contributed by atoms with Crippen LogP contribution in [0.15, 0.2) is 30.3 Å². The van der Waals surface area contributed by atoms with E-state index in [9.17, 15) is 25.2 Å². The van der Waals surface area contributed by atoms with Gasteiger partial charge in [0.05, 0.1) is 5.60 Å². The van der Waals surface area contributed by atoms with Crippen molar-refractivity contribution in [2.24, 2.45) is 0 Å². The third kappa shape index (κ3) is 2.79. The molecule has 0 radical (unpaired) electrons. The van der Waals surface area contributed by atoms with Gasteiger partial charge in [-0.05, 0) is 31.5 Å². The summed E-state index contributed by atoms with van der Waals surface area (Å²) in [5.41, 5.74) is -0.139. The lowest BCUT2D eigenvalue weighted by Gasteiger charge is -2.31. The number of ketones is 1. The van der Waals surface area contributed by atoms with E-state index in [0.717, 1.165) is 0 Å². The van der Waals surface area contributed by atoms with Gasteiger partial charge in [0.1, 0.15) is 34.7 Å². The van der Waals surface area contributed by atoms with Crippen LogP contribution in [0.1, 0.15) is 41.4 Å². The normalized spacial score (nSPS) is 24.0. The summed E-state index contributed by atoms with van der Waals surface area (Å²) in [6.45, 7) is 3.23. The highest BCUT2D eigenvalue weighted by Crippen LogP contribution is 2.49. The first-order chi connectivity index (χ1) is 12.7. The number of rotatable bonds is 2. The summed E-state index contributed by atoms with van der Waals surface area (Å²) in [6, 6.07) is 7.30. The van der Waals surface area contributed by atoms with Crippen molar-refractivity contribution in [1.82, 2.24) is 0 Å². The van der Waals surface area contributed by atoms with Crippen molar-refractivity contribution < 1.29 is 34.7 Å². The zero-order valence-corrected chi connectivity index (χ0v) is 14.8. The number of Topliss-reactive ketones (excluding diaryl/α,β-unsaturated/α-hetero) is 1. The highest BCUT2D eigenvalue weighted by Gasteiger charge is 2.44. The number of aliphatic hydroxyl groups is 2. The van der Waals surface area contributed by atoms with E-state index in [4.69, 9.17) is 9.47 Å². The van der Waals surface area contributed by atoms with Gasteiger partial charge in [-0.2, -0.15) is 0 Å². The Morgan fingerprint density at radius 2 is 1.78 bits per heavy atom. The van der Waals surface area contributed by atoms with Crippen LogP contribution >= 0.6 is 0 Å². The van der Waals surface area contributed by atoms with Crippen LogP contribution in [0.25, 0.3) is 0 Å². The molecule has 4 N–H and O–H groups in total. The molecule has 0 fully saturated rings. The molecule has 0 aliphatic carbocycles. The molecule has 4 rings (SSSR count). The van der Waals surface area contributed by atoms with Gasteiger partial charge in [0.15, 0.2) is 12.2 Å². The number of phenols is 2.